The average molecular weight is 428 g/mol. The van der Waals surface area contributed by atoms with Gasteiger partial charge in [-0.3, -0.25) is 5.41 Å². The van der Waals surface area contributed by atoms with Crippen LogP contribution >= 0.6 is 0 Å². The number of halogens is 2. The van der Waals surface area contributed by atoms with Crippen molar-refractivity contribution in [3.05, 3.63) is 89.7 Å². The van der Waals surface area contributed by atoms with Gasteiger partial charge >= 0.3 is 6.03 Å². The lowest BCUT2D eigenvalue weighted by atomic mass is 10.2. The SMILES string of the molecule is N=C(F)c1cccc(NC(=O)Nc2ccc(S(=O)NCc3ccc(F)cc3)cc2)c1. The number of nitrogens with one attached hydrogen (secondary N) is 4. The van der Waals surface area contributed by atoms with Crippen LogP contribution in [0.5, 0.6) is 0 Å². The highest BCUT2D eigenvalue weighted by Gasteiger charge is 2.07. The summed E-state index contributed by atoms with van der Waals surface area (Å²) in [6, 6.07) is 17.6. The molecule has 0 radical (unpaired) electrons. The maximum Gasteiger partial charge on any atom is 0.323 e. The van der Waals surface area contributed by atoms with Crippen molar-refractivity contribution in [2.45, 2.75) is 11.4 Å². The monoisotopic (exact) mass is 428 g/mol. The van der Waals surface area contributed by atoms with Crippen LogP contribution in [0, 0.1) is 11.2 Å². The van der Waals surface area contributed by atoms with Gasteiger partial charge in [0.25, 0.3) is 0 Å². The highest BCUT2D eigenvalue weighted by Crippen LogP contribution is 2.15. The molecule has 0 bridgehead atoms. The van der Waals surface area contributed by atoms with Crippen molar-refractivity contribution in [2.24, 2.45) is 0 Å². The molecule has 0 aliphatic rings. The number of hydrogen-bond acceptors (Lipinski definition) is 3. The highest BCUT2D eigenvalue weighted by atomic mass is 32.2. The van der Waals surface area contributed by atoms with Gasteiger partial charge in [-0.05, 0) is 54.1 Å². The zero-order valence-electron chi connectivity index (χ0n) is 15.6. The molecular formula is C21H18F2N4O2S. The van der Waals surface area contributed by atoms with E-state index in [2.05, 4.69) is 15.4 Å². The van der Waals surface area contributed by atoms with Crippen LogP contribution in [0.4, 0.5) is 25.0 Å². The van der Waals surface area contributed by atoms with Gasteiger partial charge in [-0.1, -0.05) is 24.3 Å². The molecule has 0 spiro atoms. The summed E-state index contributed by atoms with van der Waals surface area (Å²) in [5, 5.41) is 12.2. The first-order chi connectivity index (χ1) is 14.4. The molecule has 9 heteroatoms. The molecule has 30 heavy (non-hydrogen) atoms. The second-order valence-electron chi connectivity index (χ2n) is 6.21. The van der Waals surface area contributed by atoms with Crippen LogP contribution in [0.2, 0.25) is 0 Å². The molecule has 0 heterocycles. The fourth-order valence-corrected chi connectivity index (χ4v) is 3.37. The van der Waals surface area contributed by atoms with E-state index in [1.165, 1.54) is 30.3 Å². The molecule has 1 atom stereocenters. The number of hydrogen-bond donors (Lipinski definition) is 4. The van der Waals surface area contributed by atoms with Gasteiger partial charge in [-0.25, -0.2) is 18.1 Å². The zero-order valence-corrected chi connectivity index (χ0v) is 16.4. The van der Waals surface area contributed by atoms with E-state index >= 15 is 0 Å². The molecule has 6 nitrogen and oxygen atoms in total. The van der Waals surface area contributed by atoms with Crippen molar-refractivity contribution < 1.29 is 17.8 Å². The summed E-state index contributed by atoms with van der Waals surface area (Å²) < 4.78 is 41.1. The maximum absolute atomic E-state index is 13.0. The summed E-state index contributed by atoms with van der Waals surface area (Å²) in [5.41, 5.74) is 1.68. The molecule has 0 fully saturated rings. The van der Waals surface area contributed by atoms with Crippen molar-refractivity contribution in [1.82, 2.24) is 4.72 Å². The second kappa shape index (κ2) is 9.86. The molecular weight excluding hydrogens is 410 g/mol. The Bertz CT molecular complexity index is 1070. The summed E-state index contributed by atoms with van der Waals surface area (Å²) in [6.45, 7) is 0.310. The molecule has 3 rings (SSSR count). The Morgan fingerprint density at radius 2 is 1.60 bits per heavy atom. The van der Waals surface area contributed by atoms with Crippen molar-refractivity contribution in [2.75, 3.05) is 10.6 Å². The van der Waals surface area contributed by atoms with Crippen LogP contribution in [0.25, 0.3) is 0 Å². The van der Waals surface area contributed by atoms with Crippen LogP contribution < -0.4 is 15.4 Å². The molecule has 2 amide bonds. The summed E-state index contributed by atoms with van der Waals surface area (Å²) >= 11 is 0. The molecule has 1 unspecified atom stereocenters. The molecule has 0 saturated carbocycles. The van der Waals surface area contributed by atoms with Gasteiger partial charge in [0.2, 0.25) is 5.97 Å². The Hall–Kier alpha value is -3.43. The lowest BCUT2D eigenvalue weighted by molar-refractivity contribution is 0.262. The van der Waals surface area contributed by atoms with E-state index < -0.39 is 23.0 Å². The third kappa shape index (κ3) is 6.03. The molecule has 0 saturated heterocycles. The van der Waals surface area contributed by atoms with Gasteiger partial charge in [-0.15, -0.1) is 0 Å². The number of anilines is 2. The molecule has 154 valence electrons. The maximum atomic E-state index is 13.0. The Kier molecular flexibility index (Phi) is 6.99. The normalized spacial score (nSPS) is 11.5. The van der Waals surface area contributed by atoms with Gasteiger partial charge in [0.1, 0.15) is 16.8 Å². The Morgan fingerprint density at radius 3 is 2.27 bits per heavy atom. The molecule has 0 aliphatic heterocycles. The summed E-state index contributed by atoms with van der Waals surface area (Å²) in [4.78, 5) is 12.6. The quantitative estimate of drug-likeness (QED) is 0.415. The molecule has 3 aromatic rings. The predicted octanol–water partition coefficient (Wildman–Crippen LogP) is 4.58. The van der Waals surface area contributed by atoms with Crippen molar-refractivity contribution in [3.8, 4) is 0 Å². The first kappa shape index (κ1) is 21.3. The predicted molar refractivity (Wildman–Crippen MR) is 113 cm³/mol. The molecule has 0 aliphatic carbocycles. The lowest BCUT2D eigenvalue weighted by Crippen LogP contribution is -2.20. The summed E-state index contributed by atoms with van der Waals surface area (Å²) in [7, 11) is -1.48. The van der Waals surface area contributed by atoms with Crippen molar-refractivity contribution in [3.63, 3.8) is 0 Å². The van der Waals surface area contributed by atoms with Crippen LogP contribution in [-0.2, 0) is 17.5 Å². The number of amides is 2. The van der Waals surface area contributed by atoms with Gasteiger partial charge in [-0.2, -0.15) is 4.39 Å². The van der Waals surface area contributed by atoms with Crippen LogP contribution in [0.15, 0.2) is 77.7 Å². The highest BCUT2D eigenvalue weighted by molar-refractivity contribution is 7.83. The first-order valence-electron chi connectivity index (χ1n) is 8.83. The molecule has 4 N–H and O–H groups in total. The summed E-state index contributed by atoms with van der Waals surface area (Å²) in [6.07, 6.45) is 0. The van der Waals surface area contributed by atoms with E-state index in [1.807, 2.05) is 0 Å². The van der Waals surface area contributed by atoms with E-state index in [9.17, 15) is 17.8 Å². The second-order valence-corrected chi connectivity index (χ2v) is 7.51. The van der Waals surface area contributed by atoms with E-state index in [0.717, 1.165) is 5.56 Å². The number of carbonyl (C=O) groups is 1. The fourth-order valence-electron chi connectivity index (χ4n) is 2.52. The van der Waals surface area contributed by atoms with Crippen LogP contribution in [-0.4, -0.2) is 16.2 Å². The Morgan fingerprint density at radius 1 is 0.933 bits per heavy atom. The minimum atomic E-state index is -1.48. The third-order valence-electron chi connectivity index (χ3n) is 4.02. The van der Waals surface area contributed by atoms with Gasteiger partial charge < -0.3 is 10.6 Å². The third-order valence-corrected chi connectivity index (χ3v) is 5.13. The number of urea groups is 1. The lowest BCUT2D eigenvalue weighted by Gasteiger charge is -2.09. The number of benzene rings is 3. The standard InChI is InChI=1S/C21H18F2N4O2S/c22-16-6-4-14(5-7-16)13-25-30(29)19-10-8-17(9-11-19)26-21(28)27-18-3-1-2-15(12-18)20(23)24/h1-12,24-25H,13H2,(H2,26,27,28). The van der Waals surface area contributed by atoms with Crippen molar-refractivity contribution in [1.29, 1.82) is 5.41 Å². The van der Waals surface area contributed by atoms with E-state index in [1.54, 1.807) is 42.5 Å². The van der Waals surface area contributed by atoms with E-state index in [4.69, 9.17) is 5.41 Å². The number of rotatable bonds is 7. The minimum Gasteiger partial charge on any atom is -0.308 e. The minimum absolute atomic E-state index is 0.0627. The molecule has 3 aromatic carbocycles. The van der Waals surface area contributed by atoms with E-state index in [0.29, 0.717) is 22.8 Å². The topological polar surface area (TPSA) is 94.1 Å². The summed E-state index contributed by atoms with van der Waals surface area (Å²) in [5.74, 6) is -1.42. The first-order valence-corrected chi connectivity index (χ1v) is 9.98. The largest absolute Gasteiger partial charge is 0.323 e. The van der Waals surface area contributed by atoms with Gasteiger partial charge in [0.15, 0.2) is 0 Å². The number of carbonyl (C=O) groups excluding carboxylic acids is 1. The van der Waals surface area contributed by atoms with Gasteiger partial charge in [0, 0.05) is 23.5 Å². The van der Waals surface area contributed by atoms with Gasteiger partial charge in [0.05, 0.1) is 4.90 Å². The van der Waals surface area contributed by atoms with E-state index in [-0.39, 0.29) is 11.4 Å². The Labute approximate surface area is 174 Å². The molecule has 0 aromatic heterocycles. The van der Waals surface area contributed by atoms with Crippen LogP contribution in [0.1, 0.15) is 11.1 Å². The van der Waals surface area contributed by atoms with Crippen molar-refractivity contribution >= 4 is 34.4 Å². The average Bonchev–Trinajstić information content (AvgIpc) is 2.73. The fraction of sp³-hybridized carbons (Fsp3) is 0.0476. The smallest absolute Gasteiger partial charge is 0.308 e. The zero-order chi connectivity index (χ0) is 21.5. The van der Waals surface area contributed by atoms with Crippen LogP contribution in [0.3, 0.4) is 0 Å². The Balaban J connectivity index is 1.54.